The van der Waals surface area contributed by atoms with Crippen molar-refractivity contribution in [1.82, 2.24) is 20.2 Å². The van der Waals surface area contributed by atoms with Crippen LogP contribution in [0.25, 0.3) is 0 Å². The van der Waals surface area contributed by atoms with Gasteiger partial charge in [0, 0.05) is 31.5 Å². The summed E-state index contributed by atoms with van der Waals surface area (Å²) >= 11 is 0. The van der Waals surface area contributed by atoms with Crippen LogP contribution in [0.2, 0.25) is 0 Å². The molecule has 1 atom stereocenters. The Labute approximate surface area is 138 Å². The Morgan fingerprint density at radius 2 is 1.83 bits per heavy atom. The Morgan fingerprint density at radius 1 is 1.09 bits per heavy atom. The molecule has 126 valence electrons. The van der Waals surface area contributed by atoms with E-state index in [9.17, 15) is 4.79 Å². The van der Waals surface area contributed by atoms with E-state index in [0.29, 0.717) is 6.54 Å². The zero-order valence-corrected chi connectivity index (χ0v) is 13.8. The van der Waals surface area contributed by atoms with Gasteiger partial charge in [-0.15, -0.1) is 0 Å². The maximum absolute atomic E-state index is 12.3. The molecule has 6 heteroatoms. The van der Waals surface area contributed by atoms with E-state index in [1.165, 1.54) is 25.7 Å². The van der Waals surface area contributed by atoms with Gasteiger partial charge in [-0.2, -0.15) is 0 Å². The molecule has 1 aromatic heterocycles. The molecule has 1 amide bonds. The molecule has 0 spiro atoms. The zero-order valence-electron chi connectivity index (χ0n) is 13.8. The molecule has 2 saturated heterocycles. The number of nitrogens with zero attached hydrogens (tertiary/aromatic N) is 4. The molecule has 2 fully saturated rings. The average Bonchev–Trinajstić information content (AvgIpc) is 2.84. The van der Waals surface area contributed by atoms with Crippen LogP contribution < -0.4 is 10.2 Å². The summed E-state index contributed by atoms with van der Waals surface area (Å²) in [6, 6.07) is 2.03. The Hall–Kier alpha value is -1.69. The standard InChI is InChI=1S/C17H27N5O/c23-16(14-21-10-3-1-2-4-11-21)20-15-7-5-12-22(13-15)17-18-8-6-9-19-17/h6,8-9,15H,1-5,7,10-14H2,(H,20,23). The van der Waals surface area contributed by atoms with Crippen molar-refractivity contribution in [2.24, 2.45) is 0 Å². The summed E-state index contributed by atoms with van der Waals surface area (Å²) < 4.78 is 0. The topological polar surface area (TPSA) is 61.4 Å². The number of carbonyl (C=O) groups excluding carboxylic acids is 1. The van der Waals surface area contributed by atoms with Crippen LogP contribution in [-0.4, -0.2) is 59.5 Å². The molecule has 1 N–H and O–H groups in total. The molecule has 0 saturated carbocycles. The molecule has 1 aromatic rings. The molecule has 6 nitrogen and oxygen atoms in total. The number of hydrogen-bond donors (Lipinski definition) is 1. The quantitative estimate of drug-likeness (QED) is 0.910. The molecule has 0 radical (unpaired) electrons. The summed E-state index contributed by atoms with van der Waals surface area (Å²) in [6.45, 7) is 4.42. The summed E-state index contributed by atoms with van der Waals surface area (Å²) in [6.07, 6.45) is 10.7. The van der Waals surface area contributed by atoms with E-state index < -0.39 is 0 Å². The summed E-state index contributed by atoms with van der Waals surface area (Å²) in [5.74, 6) is 0.923. The van der Waals surface area contributed by atoms with Gasteiger partial charge in [-0.1, -0.05) is 12.8 Å². The number of carbonyl (C=O) groups is 1. The largest absolute Gasteiger partial charge is 0.350 e. The van der Waals surface area contributed by atoms with Crippen molar-refractivity contribution < 1.29 is 4.79 Å². The molecule has 3 rings (SSSR count). The summed E-state index contributed by atoms with van der Waals surface area (Å²) in [5, 5.41) is 3.21. The molecule has 2 aliphatic heterocycles. The van der Waals surface area contributed by atoms with E-state index in [1.54, 1.807) is 12.4 Å². The molecule has 0 bridgehead atoms. The van der Waals surface area contributed by atoms with Crippen LogP contribution in [0, 0.1) is 0 Å². The number of hydrogen-bond acceptors (Lipinski definition) is 5. The number of anilines is 1. The van der Waals surface area contributed by atoms with E-state index in [0.717, 1.165) is 45.0 Å². The summed E-state index contributed by atoms with van der Waals surface area (Å²) in [7, 11) is 0. The Kier molecular flexibility index (Phi) is 5.80. The zero-order chi connectivity index (χ0) is 15.9. The van der Waals surface area contributed by atoms with Gasteiger partial charge in [0.15, 0.2) is 0 Å². The number of aromatic nitrogens is 2. The maximum atomic E-state index is 12.3. The molecule has 3 heterocycles. The third-order valence-corrected chi connectivity index (χ3v) is 4.69. The minimum absolute atomic E-state index is 0.160. The van der Waals surface area contributed by atoms with Crippen LogP contribution in [0.4, 0.5) is 5.95 Å². The van der Waals surface area contributed by atoms with Gasteiger partial charge in [0.05, 0.1) is 6.54 Å². The first-order valence-corrected chi connectivity index (χ1v) is 8.85. The van der Waals surface area contributed by atoms with Gasteiger partial charge in [-0.05, 0) is 44.8 Å². The SMILES string of the molecule is O=C(CN1CCCCCC1)NC1CCCN(c2ncccn2)C1. The second-order valence-electron chi connectivity index (χ2n) is 6.59. The Bertz CT molecular complexity index is 487. The van der Waals surface area contributed by atoms with Gasteiger partial charge in [0.2, 0.25) is 11.9 Å². The lowest BCUT2D eigenvalue weighted by molar-refractivity contribution is -0.123. The fourth-order valence-electron chi connectivity index (χ4n) is 3.50. The number of rotatable bonds is 4. The molecular weight excluding hydrogens is 290 g/mol. The van der Waals surface area contributed by atoms with E-state index in [1.807, 2.05) is 6.07 Å². The monoisotopic (exact) mass is 317 g/mol. The van der Waals surface area contributed by atoms with Crippen molar-refractivity contribution in [2.45, 2.75) is 44.6 Å². The van der Waals surface area contributed by atoms with Crippen LogP contribution in [0.5, 0.6) is 0 Å². The lowest BCUT2D eigenvalue weighted by Gasteiger charge is -2.33. The van der Waals surface area contributed by atoms with Crippen molar-refractivity contribution in [3.05, 3.63) is 18.5 Å². The van der Waals surface area contributed by atoms with Gasteiger partial charge >= 0.3 is 0 Å². The molecule has 23 heavy (non-hydrogen) atoms. The minimum Gasteiger partial charge on any atom is -0.350 e. The first-order valence-electron chi connectivity index (χ1n) is 8.85. The maximum Gasteiger partial charge on any atom is 0.234 e. The molecule has 1 unspecified atom stereocenters. The predicted molar refractivity (Wildman–Crippen MR) is 90.3 cm³/mol. The number of likely N-dealkylation sites (tertiary alicyclic amines) is 1. The van der Waals surface area contributed by atoms with Crippen molar-refractivity contribution in [3.63, 3.8) is 0 Å². The lowest BCUT2D eigenvalue weighted by Crippen LogP contribution is -2.50. The number of nitrogens with one attached hydrogen (secondary N) is 1. The first kappa shape index (κ1) is 16.2. The van der Waals surface area contributed by atoms with Gasteiger partial charge in [0.1, 0.15) is 0 Å². The normalized spacial score (nSPS) is 23.3. The fraction of sp³-hybridized carbons (Fsp3) is 0.706. The minimum atomic E-state index is 0.160. The highest BCUT2D eigenvalue weighted by Gasteiger charge is 2.23. The molecule has 0 aromatic carbocycles. The predicted octanol–water partition coefficient (Wildman–Crippen LogP) is 1.44. The summed E-state index contributed by atoms with van der Waals surface area (Å²) in [5.41, 5.74) is 0. The van der Waals surface area contributed by atoms with E-state index in [2.05, 4.69) is 25.1 Å². The lowest BCUT2D eigenvalue weighted by atomic mass is 10.1. The van der Waals surface area contributed by atoms with Crippen LogP contribution in [0.3, 0.4) is 0 Å². The van der Waals surface area contributed by atoms with Crippen molar-refractivity contribution in [1.29, 1.82) is 0 Å². The van der Waals surface area contributed by atoms with Crippen molar-refractivity contribution in [2.75, 3.05) is 37.6 Å². The second-order valence-corrected chi connectivity index (χ2v) is 6.59. The van der Waals surface area contributed by atoms with Crippen LogP contribution in [-0.2, 0) is 4.79 Å². The third-order valence-electron chi connectivity index (χ3n) is 4.69. The summed E-state index contributed by atoms with van der Waals surface area (Å²) in [4.78, 5) is 25.4. The third kappa shape index (κ3) is 4.89. The fourth-order valence-corrected chi connectivity index (χ4v) is 3.50. The average molecular weight is 317 g/mol. The van der Waals surface area contributed by atoms with Gasteiger partial charge in [0.25, 0.3) is 0 Å². The Balaban J connectivity index is 1.48. The molecule has 2 aliphatic rings. The second kappa shape index (κ2) is 8.24. The smallest absolute Gasteiger partial charge is 0.234 e. The van der Waals surface area contributed by atoms with E-state index in [-0.39, 0.29) is 11.9 Å². The van der Waals surface area contributed by atoms with E-state index >= 15 is 0 Å². The highest BCUT2D eigenvalue weighted by molar-refractivity contribution is 5.78. The molecular formula is C17H27N5O. The van der Waals surface area contributed by atoms with Crippen LogP contribution in [0.1, 0.15) is 38.5 Å². The Morgan fingerprint density at radius 3 is 2.57 bits per heavy atom. The van der Waals surface area contributed by atoms with Crippen LogP contribution >= 0.6 is 0 Å². The highest BCUT2D eigenvalue weighted by Crippen LogP contribution is 2.15. The van der Waals surface area contributed by atoms with E-state index in [4.69, 9.17) is 0 Å². The molecule has 0 aliphatic carbocycles. The number of amides is 1. The van der Waals surface area contributed by atoms with Gasteiger partial charge in [-0.3, -0.25) is 9.69 Å². The van der Waals surface area contributed by atoms with Gasteiger partial charge in [-0.25, -0.2) is 9.97 Å². The highest BCUT2D eigenvalue weighted by atomic mass is 16.2. The van der Waals surface area contributed by atoms with Gasteiger partial charge < -0.3 is 10.2 Å². The van der Waals surface area contributed by atoms with Crippen molar-refractivity contribution >= 4 is 11.9 Å². The first-order chi connectivity index (χ1) is 11.3. The van der Waals surface area contributed by atoms with Crippen LogP contribution in [0.15, 0.2) is 18.5 Å². The number of piperidine rings is 1. The van der Waals surface area contributed by atoms with Crippen molar-refractivity contribution in [3.8, 4) is 0 Å².